The number of hydrogen-bond donors (Lipinski definition) is 1. The fourth-order valence-electron chi connectivity index (χ4n) is 0.707. The topological polar surface area (TPSA) is 77.0 Å². The van der Waals surface area contributed by atoms with Crippen molar-refractivity contribution in [1.82, 2.24) is 14.8 Å². The average molecular weight is 199 g/mol. The van der Waals surface area contributed by atoms with Gasteiger partial charge in [-0.3, -0.25) is 4.79 Å². The maximum Gasteiger partial charge on any atom is 0.345 e. The molecule has 1 rings (SSSR count). The molecule has 6 nitrogen and oxygen atoms in total. The van der Waals surface area contributed by atoms with E-state index in [1.165, 1.54) is 10.9 Å². The number of rotatable bonds is 2. The number of aromatic amines is 1. The summed E-state index contributed by atoms with van der Waals surface area (Å²) in [5, 5.41) is 5.69. The Bertz CT molecular complexity index is 372. The monoisotopic (exact) mass is 199 g/mol. The lowest BCUT2D eigenvalue weighted by molar-refractivity contribution is -0.157. The Morgan fingerprint density at radius 2 is 2.29 bits per heavy atom. The van der Waals surface area contributed by atoms with Crippen molar-refractivity contribution in [2.75, 3.05) is 0 Å². The second-order valence-electron chi connectivity index (χ2n) is 3.94. The zero-order valence-electron chi connectivity index (χ0n) is 8.40. The van der Waals surface area contributed by atoms with Crippen molar-refractivity contribution in [1.29, 1.82) is 0 Å². The van der Waals surface area contributed by atoms with Crippen molar-refractivity contribution in [3.8, 4) is 0 Å². The van der Waals surface area contributed by atoms with Gasteiger partial charge in [0.15, 0.2) is 6.73 Å². The minimum atomic E-state index is -0.562. The number of ether oxygens (including phenoxy) is 1. The fourth-order valence-corrected chi connectivity index (χ4v) is 0.707. The van der Waals surface area contributed by atoms with Gasteiger partial charge in [0.05, 0.1) is 5.41 Å². The highest BCUT2D eigenvalue weighted by Gasteiger charge is 2.23. The van der Waals surface area contributed by atoms with Gasteiger partial charge in [-0.15, -0.1) is 0 Å². The lowest BCUT2D eigenvalue weighted by atomic mass is 9.98. The van der Waals surface area contributed by atoms with Gasteiger partial charge in [-0.25, -0.2) is 14.5 Å². The summed E-state index contributed by atoms with van der Waals surface area (Å²) in [5.41, 5.74) is -0.959. The second-order valence-corrected chi connectivity index (χ2v) is 3.94. The predicted octanol–water partition coefficient (Wildman–Crippen LogP) is 0.118. The van der Waals surface area contributed by atoms with E-state index in [-0.39, 0.29) is 12.7 Å². The van der Waals surface area contributed by atoms with Crippen LogP contribution in [0.3, 0.4) is 0 Å². The van der Waals surface area contributed by atoms with Crippen LogP contribution >= 0.6 is 0 Å². The Morgan fingerprint density at radius 3 is 2.71 bits per heavy atom. The summed E-state index contributed by atoms with van der Waals surface area (Å²) in [4.78, 5) is 22.2. The van der Waals surface area contributed by atoms with Gasteiger partial charge in [0.2, 0.25) is 0 Å². The fraction of sp³-hybridized carbons (Fsp3) is 0.625. The smallest absolute Gasteiger partial charge is 0.345 e. The standard InChI is InChI=1S/C8H13N3O3/c1-8(2,3)6(12)14-5-11-4-9-10-7(11)13/h4H,5H2,1-3H3,(H,10,13). The molecule has 0 fully saturated rings. The van der Waals surface area contributed by atoms with Crippen LogP contribution in [0.15, 0.2) is 11.1 Å². The Labute approximate surface area is 80.9 Å². The SMILES string of the molecule is CC(C)(C)C(=O)OCn1cn[nH]c1=O. The molecule has 0 aliphatic carbocycles. The molecule has 0 saturated carbocycles. The first-order valence-corrected chi connectivity index (χ1v) is 4.18. The van der Waals surface area contributed by atoms with Gasteiger partial charge in [0.1, 0.15) is 6.33 Å². The van der Waals surface area contributed by atoms with E-state index in [4.69, 9.17) is 4.74 Å². The molecule has 0 spiro atoms. The van der Waals surface area contributed by atoms with Gasteiger partial charge in [0, 0.05) is 0 Å². The van der Waals surface area contributed by atoms with E-state index in [0.717, 1.165) is 0 Å². The third kappa shape index (κ3) is 2.45. The normalized spacial score (nSPS) is 11.4. The van der Waals surface area contributed by atoms with E-state index >= 15 is 0 Å². The summed E-state index contributed by atoms with van der Waals surface area (Å²) in [6.45, 7) is 5.12. The minimum Gasteiger partial charge on any atom is -0.443 e. The molecular formula is C8H13N3O3. The van der Waals surface area contributed by atoms with Crippen molar-refractivity contribution in [2.45, 2.75) is 27.5 Å². The van der Waals surface area contributed by atoms with Crippen LogP contribution in [0.25, 0.3) is 0 Å². The van der Waals surface area contributed by atoms with Crippen molar-refractivity contribution in [3.05, 3.63) is 16.8 Å². The van der Waals surface area contributed by atoms with E-state index in [9.17, 15) is 9.59 Å². The number of carbonyl (C=O) groups excluding carboxylic acids is 1. The van der Waals surface area contributed by atoms with Crippen LogP contribution in [-0.2, 0) is 16.3 Å². The summed E-state index contributed by atoms with van der Waals surface area (Å²) in [7, 11) is 0. The zero-order chi connectivity index (χ0) is 10.8. The molecule has 1 aromatic rings. The molecule has 78 valence electrons. The molecule has 0 unspecified atom stereocenters. The summed E-state index contributed by atoms with van der Waals surface area (Å²) in [6.07, 6.45) is 1.28. The van der Waals surface area contributed by atoms with E-state index in [2.05, 4.69) is 10.2 Å². The van der Waals surface area contributed by atoms with E-state index in [0.29, 0.717) is 0 Å². The molecule has 1 heterocycles. The number of esters is 1. The first-order valence-electron chi connectivity index (χ1n) is 4.18. The first-order chi connectivity index (χ1) is 6.41. The van der Waals surface area contributed by atoms with Crippen LogP contribution in [0.1, 0.15) is 20.8 Å². The molecule has 0 bridgehead atoms. The molecule has 0 aliphatic heterocycles. The van der Waals surface area contributed by atoms with Gasteiger partial charge in [-0.2, -0.15) is 5.10 Å². The third-order valence-corrected chi connectivity index (χ3v) is 1.57. The summed E-state index contributed by atoms with van der Waals surface area (Å²) >= 11 is 0. The van der Waals surface area contributed by atoms with Crippen LogP contribution in [0.4, 0.5) is 0 Å². The highest BCUT2D eigenvalue weighted by atomic mass is 16.5. The average Bonchev–Trinajstić information content (AvgIpc) is 2.45. The maximum absolute atomic E-state index is 11.3. The lowest BCUT2D eigenvalue weighted by Gasteiger charge is -2.16. The molecule has 0 radical (unpaired) electrons. The summed E-state index contributed by atoms with van der Waals surface area (Å²) in [6, 6.07) is 0. The molecule has 0 saturated heterocycles. The Morgan fingerprint density at radius 1 is 1.64 bits per heavy atom. The number of aromatic nitrogens is 3. The van der Waals surface area contributed by atoms with Crippen LogP contribution in [-0.4, -0.2) is 20.7 Å². The number of H-pyrrole nitrogens is 1. The molecule has 0 aliphatic rings. The summed E-state index contributed by atoms with van der Waals surface area (Å²) in [5.74, 6) is -0.356. The Hall–Kier alpha value is -1.59. The largest absolute Gasteiger partial charge is 0.443 e. The van der Waals surface area contributed by atoms with Gasteiger partial charge >= 0.3 is 11.7 Å². The van der Waals surface area contributed by atoms with Crippen molar-refractivity contribution < 1.29 is 9.53 Å². The van der Waals surface area contributed by atoms with Crippen LogP contribution in [0.2, 0.25) is 0 Å². The van der Waals surface area contributed by atoms with Crippen molar-refractivity contribution >= 4 is 5.97 Å². The second kappa shape index (κ2) is 3.65. The number of carbonyl (C=O) groups is 1. The molecule has 14 heavy (non-hydrogen) atoms. The molecule has 6 heteroatoms. The van der Waals surface area contributed by atoms with Crippen LogP contribution in [0, 0.1) is 5.41 Å². The number of nitrogens with zero attached hydrogens (tertiary/aromatic N) is 2. The van der Waals surface area contributed by atoms with Crippen molar-refractivity contribution in [3.63, 3.8) is 0 Å². The molecule has 0 amide bonds. The summed E-state index contributed by atoms with van der Waals surface area (Å²) < 4.78 is 6.07. The predicted molar refractivity (Wildman–Crippen MR) is 48.4 cm³/mol. The molecule has 1 N–H and O–H groups in total. The van der Waals surface area contributed by atoms with E-state index in [1.807, 2.05) is 0 Å². The molecule has 1 aromatic heterocycles. The van der Waals surface area contributed by atoms with Crippen LogP contribution < -0.4 is 5.69 Å². The van der Waals surface area contributed by atoms with Crippen molar-refractivity contribution in [2.24, 2.45) is 5.41 Å². The van der Waals surface area contributed by atoms with Gasteiger partial charge < -0.3 is 4.74 Å². The van der Waals surface area contributed by atoms with Gasteiger partial charge in [-0.05, 0) is 20.8 Å². The third-order valence-electron chi connectivity index (χ3n) is 1.57. The highest BCUT2D eigenvalue weighted by Crippen LogP contribution is 2.14. The van der Waals surface area contributed by atoms with Gasteiger partial charge in [-0.1, -0.05) is 0 Å². The number of nitrogens with one attached hydrogen (secondary N) is 1. The molecule has 0 aromatic carbocycles. The lowest BCUT2D eigenvalue weighted by Crippen LogP contribution is -2.26. The first kappa shape index (κ1) is 10.5. The van der Waals surface area contributed by atoms with Gasteiger partial charge in [0.25, 0.3) is 0 Å². The quantitative estimate of drug-likeness (QED) is 0.686. The van der Waals surface area contributed by atoms with E-state index < -0.39 is 11.1 Å². The Balaban J connectivity index is 2.55. The Kier molecular flexibility index (Phi) is 2.73. The minimum absolute atomic E-state index is 0.106. The van der Waals surface area contributed by atoms with E-state index in [1.54, 1.807) is 20.8 Å². The van der Waals surface area contributed by atoms with Crippen LogP contribution in [0.5, 0.6) is 0 Å². The highest BCUT2D eigenvalue weighted by molar-refractivity contribution is 5.75. The molecular weight excluding hydrogens is 186 g/mol. The number of hydrogen-bond acceptors (Lipinski definition) is 4. The zero-order valence-corrected chi connectivity index (χ0v) is 8.40. The molecule has 0 atom stereocenters. The maximum atomic E-state index is 11.3.